The zero-order valence-corrected chi connectivity index (χ0v) is 33.9. The Bertz CT molecular complexity index is 1830. The van der Waals surface area contributed by atoms with E-state index < -0.39 is 32.7 Å². The first kappa shape index (κ1) is 38.7. The molecule has 3 aromatic carbocycles. The quantitative estimate of drug-likeness (QED) is 0.308. The third kappa shape index (κ3) is 5.69. The average molecular weight is 811 g/mol. The molecule has 9 rings (SSSR count). The maximum absolute atomic E-state index is 14.4. The summed E-state index contributed by atoms with van der Waals surface area (Å²) >= 11 is 5.30. The van der Waals surface area contributed by atoms with Crippen molar-refractivity contribution in [2.24, 2.45) is 0 Å². The van der Waals surface area contributed by atoms with Gasteiger partial charge in [0.25, 0.3) is 23.6 Å². The van der Waals surface area contributed by atoms with Crippen LogP contribution in [0.15, 0.2) is 72.8 Å². The van der Waals surface area contributed by atoms with Gasteiger partial charge in [-0.3, -0.25) is 19.2 Å². The number of methoxy groups -OCH3 is 2. The molecular formula is C38H42N4O8S4. The van der Waals surface area contributed by atoms with Crippen molar-refractivity contribution in [3.63, 3.8) is 0 Å². The van der Waals surface area contributed by atoms with Crippen LogP contribution in [0, 0.1) is 0 Å². The van der Waals surface area contributed by atoms with Gasteiger partial charge in [0.1, 0.15) is 11.5 Å². The molecule has 6 aliphatic rings. The lowest BCUT2D eigenvalue weighted by Gasteiger charge is -2.51. The lowest BCUT2D eigenvalue weighted by molar-refractivity contribution is -0.164. The van der Waals surface area contributed by atoms with Crippen LogP contribution >= 0.6 is 47.0 Å². The second-order valence-electron chi connectivity index (χ2n) is 13.8. The zero-order valence-electron chi connectivity index (χ0n) is 30.7. The number of hydrogen-bond acceptors (Lipinski definition) is 12. The molecule has 0 spiro atoms. The topological polar surface area (TPSA) is 140 Å². The fourth-order valence-corrected chi connectivity index (χ4v) is 15.0. The van der Waals surface area contributed by atoms with Gasteiger partial charge in [0.2, 0.25) is 0 Å². The van der Waals surface area contributed by atoms with E-state index in [1.54, 1.807) is 42.4 Å². The predicted molar refractivity (Wildman–Crippen MR) is 212 cm³/mol. The second kappa shape index (κ2) is 14.2. The highest BCUT2D eigenvalue weighted by Crippen LogP contribution is 2.62. The summed E-state index contributed by atoms with van der Waals surface area (Å²) in [6.45, 7) is -1.08. The van der Waals surface area contributed by atoms with Crippen LogP contribution in [0.1, 0.15) is 31.4 Å². The normalized spacial score (nSPS) is 30.9. The summed E-state index contributed by atoms with van der Waals surface area (Å²) in [6, 6.07) is 22.6. The van der Waals surface area contributed by atoms with Gasteiger partial charge in [-0.1, -0.05) is 48.5 Å². The average Bonchev–Trinajstić information content (AvgIpc) is 3.46. The van der Waals surface area contributed by atoms with Gasteiger partial charge in [-0.05, 0) is 46.5 Å². The number of amides is 4. The van der Waals surface area contributed by atoms with E-state index in [0.717, 1.165) is 22.3 Å². The minimum Gasteiger partial charge on any atom is -0.497 e. The largest absolute Gasteiger partial charge is 0.497 e. The molecule has 12 nitrogen and oxygen atoms in total. The molecule has 4 amide bonds. The van der Waals surface area contributed by atoms with E-state index in [2.05, 4.69) is 0 Å². The number of nitrogens with zero attached hydrogens (tertiary/aromatic N) is 4. The minimum absolute atomic E-state index is 0.188. The molecule has 0 radical (unpaired) electrons. The zero-order chi connectivity index (χ0) is 38.8. The van der Waals surface area contributed by atoms with Crippen LogP contribution in [0.5, 0.6) is 11.5 Å². The Hall–Kier alpha value is -3.54. The van der Waals surface area contributed by atoms with Crippen molar-refractivity contribution in [3.05, 3.63) is 95.1 Å². The first-order valence-electron chi connectivity index (χ1n) is 17.2. The third-order valence-corrected chi connectivity index (χ3v) is 18.0. The Morgan fingerprint density at radius 3 is 1.07 bits per heavy atom. The van der Waals surface area contributed by atoms with Gasteiger partial charge in [0.05, 0.1) is 36.6 Å². The van der Waals surface area contributed by atoms with Gasteiger partial charge in [-0.2, -0.15) is 0 Å². The van der Waals surface area contributed by atoms with Crippen LogP contribution in [0.25, 0.3) is 0 Å². The van der Waals surface area contributed by atoms with E-state index in [4.69, 9.17) is 9.47 Å². The fourth-order valence-electron chi connectivity index (χ4n) is 7.57. The summed E-state index contributed by atoms with van der Waals surface area (Å²) in [4.78, 5) is 57.2. The van der Waals surface area contributed by atoms with Crippen molar-refractivity contribution in [2.75, 3.05) is 55.6 Å². The minimum atomic E-state index is -1.48. The molecule has 6 fully saturated rings. The summed E-state index contributed by atoms with van der Waals surface area (Å²) in [5.74, 6) is 0.0982. The molecule has 6 aliphatic heterocycles. The van der Waals surface area contributed by atoms with E-state index in [1.807, 2.05) is 72.8 Å². The van der Waals surface area contributed by atoms with Gasteiger partial charge >= 0.3 is 0 Å². The Morgan fingerprint density at radius 1 is 0.500 bits per heavy atom. The molecule has 6 heterocycles. The summed E-state index contributed by atoms with van der Waals surface area (Å²) in [6.07, 6.45) is 0.375. The molecule has 3 aromatic rings. The number of fused-ring (bicyclic) bond motifs is 8. The lowest BCUT2D eigenvalue weighted by Crippen LogP contribution is -2.73. The number of piperazine rings is 2. The molecular weight excluding hydrogens is 769 g/mol. The molecule has 0 aliphatic carbocycles. The second-order valence-corrected chi connectivity index (χ2v) is 19.9. The lowest BCUT2D eigenvalue weighted by atomic mass is 9.94. The Kier molecular flexibility index (Phi) is 10.2. The number of carbonyl (C=O) groups excluding carboxylic acids is 4. The highest BCUT2D eigenvalue weighted by Gasteiger charge is 2.67. The van der Waals surface area contributed by atoms with Crippen LogP contribution in [0.2, 0.25) is 0 Å². The van der Waals surface area contributed by atoms with E-state index in [-0.39, 0.29) is 45.6 Å². The first-order chi connectivity index (χ1) is 25.8. The molecule has 0 saturated carbocycles. The molecule has 16 heteroatoms. The Balaban J connectivity index is 1.22. The maximum Gasteiger partial charge on any atom is 0.262 e. The summed E-state index contributed by atoms with van der Waals surface area (Å²) in [7, 11) is 9.58. The number of likely N-dealkylation sites (N-methyl/N-ethyl adjacent to an activating group) is 4. The number of benzene rings is 3. The number of aliphatic hydroxyl groups excluding tert-OH is 2. The van der Waals surface area contributed by atoms with Gasteiger partial charge < -0.3 is 39.3 Å². The molecule has 2 unspecified atom stereocenters. The van der Waals surface area contributed by atoms with Crippen LogP contribution in [0.4, 0.5) is 0 Å². The van der Waals surface area contributed by atoms with Crippen molar-refractivity contribution in [1.29, 1.82) is 0 Å². The Morgan fingerprint density at radius 2 is 0.778 bits per heavy atom. The molecule has 54 heavy (non-hydrogen) atoms. The monoisotopic (exact) mass is 810 g/mol. The van der Waals surface area contributed by atoms with Crippen LogP contribution in [-0.4, -0.2) is 129 Å². The van der Waals surface area contributed by atoms with Gasteiger partial charge in [0.15, 0.2) is 19.5 Å². The molecule has 6 saturated heterocycles. The molecule has 6 atom stereocenters. The molecule has 0 aromatic heterocycles. The van der Waals surface area contributed by atoms with Crippen molar-refractivity contribution in [2.45, 2.75) is 41.5 Å². The first-order valence-corrected chi connectivity index (χ1v) is 20.7. The summed E-state index contributed by atoms with van der Waals surface area (Å²) in [5, 5.41) is 21.3. The molecule has 286 valence electrons. The number of hydrogen-bond donors (Lipinski definition) is 2. The molecule has 4 bridgehead atoms. The van der Waals surface area contributed by atoms with Gasteiger partial charge in [0, 0.05) is 41.0 Å². The number of ether oxygens (including phenoxy) is 2. The van der Waals surface area contributed by atoms with E-state index in [9.17, 15) is 29.4 Å². The highest BCUT2D eigenvalue weighted by molar-refractivity contribution is 8.19. The fraction of sp³-hybridized carbons (Fsp3) is 0.421. The van der Waals surface area contributed by atoms with Crippen LogP contribution < -0.4 is 9.47 Å². The number of aliphatic hydroxyl groups is 2. The Labute approximate surface area is 331 Å². The molecule has 2 N–H and O–H groups in total. The summed E-state index contributed by atoms with van der Waals surface area (Å²) in [5.41, 5.74) is 3.34. The van der Waals surface area contributed by atoms with Crippen molar-refractivity contribution in [3.8, 4) is 11.5 Å². The standard InChI is InChI=1S/C38H42N4O8S4/c1-39-33(47)37(21-43)41(3)31(45)35(39,51-29(53-37)25-11-15-27(49-5)16-12-25)19-23-7-9-24(10-8-23)20-36-32(46)42(4)38(22-44,34(48)40(36)2)54-30(52-36)26-13-17-28(50-6)18-14-26/h7-18,29-30,43-44H,19-22H2,1-6H3/t29?,30?,35-,36-,37-,38-/m0/s1. The third-order valence-electron chi connectivity index (χ3n) is 11.0. The number of carbonyl (C=O) groups is 4. The highest BCUT2D eigenvalue weighted by atomic mass is 32.2. The summed E-state index contributed by atoms with van der Waals surface area (Å²) < 4.78 is 9.96. The van der Waals surface area contributed by atoms with Crippen molar-refractivity contribution in [1.82, 2.24) is 19.6 Å². The smallest absolute Gasteiger partial charge is 0.262 e. The number of rotatable bonds is 10. The van der Waals surface area contributed by atoms with Gasteiger partial charge in [-0.15, -0.1) is 47.0 Å². The van der Waals surface area contributed by atoms with E-state index in [1.165, 1.54) is 66.6 Å². The predicted octanol–water partition coefficient (Wildman–Crippen LogP) is 3.78. The van der Waals surface area contributed by atoms with Crippen molar-refractivity contribution < 1.29 is 38.9 Å². The number of thioether (sulfide) groups is 4. The van der Waals surface area contributed by atoms with Crippen LogP contribution in [-0.2, 0) is 32.0 Å². The SMILES string of the molecule is COc1ccc(C2S[C@@]3(CO)C(=O)N(C)[C@@](Cc4ccc(C[C@@]56SC(c7ccc(OC)cc7)S[C@@](CO)(C(=O)N5C)N(C)C6=O)cc4)(S2)C(=O)N3C)cc1. The van der Waals surface area contributed by atoms with E-state index >= 15 is 0 Å². The van der Waals surface area contributed by atoms with Crippen LogP contribution in [0.3, 0.4) is 0 Å². The van der Waals surface area contributed by atoms with E-state index in [0.29, 0.717) is 11.5 Å². The van der Waals surface area contributed by atoms with Crippen molar-refractivity contribution >= 4 is 70.7 Å². The maximum atomic E-state index is 14.4. The van der Waals surface area contributed by atoms with Gasteiger partial charge in [-0.25, -0.2) is 0 Å².